The average Bonchev–Trinajstić information content (AvgIpc) is 2.55. The monoisotopic (exact) mass is 293 g/mol. The Morgan fingerprint density at radius 3 is 2.57 bits per heavy atom. The fraction of sp³-hybridized carbons (Fsp3) is 0.533. The van der Waals surface area contributed by atoms with E-state index in [1.54, 1.807) is 18.2 Å². The van der Waals surface area contributed by atoms with Crippen LogP contribution in [0, 0.1) is 0 Å². The van der Waals surface area contributed by atoms with Crippen LogP contribution >= 0.6 is 0 Å². The van der Waals surface area contributed by atoms with Gasteiger partial charge in [0.1, 0.15) is 13.2 Å². The normalized spacial score (nSPS) is 19.9. The van der Waals surface area contributed by atoms with Crippen LogP contribution in [-0.4, -0.2) is 49.6 Å². The Labute approximate surface area is 123 Å². The molecule has 0 unspecified atom stereocenters. The molecule has 21 heavy (non-hydrogen) atoms. The summed E-state index contributed by atoms with van der Waals surface area (Å²) in [6.45, 7) is 2.00. The van der Waals surface area contributed by atoms with Gasteiger partial charge in [-0.2, -0.15) is 0 Å². The Bertz CT molecular complexity index is 525. The third-order valence-corrected chi connectivity index (χ3v) is 3.94. The van der Waals surface area contributed by atoms with Crippen LogP contribution in [0.25, 0.3) is 0 Å². The molecule has 6 heteroatoms. The summed E-state index contributed by atoms with van der Waals surface area (Å²) in [6, 6.07) is 5.11. The molecule has 2 heterocycles. The van der Waals surface area contributed by atoms with E-state index in [2.05, 4.69) is 5.32 Å². The lowest BCUT2D eigenvalue weighted by Gasteiger charge is -2.36. The van der Waals surface area contributed by atoms with E-state index in [1.165, 1.54) is 0 Å². The van der Waals surface area contributed by atoms with Crippen molar-refractivity contribution >= 4 is 5.91 Å². The van der Waals surface area contributed by atoms with Crippen molar-refractivity contribution < 1.29 is 24.1 Å². The van der Waals surface area contributed by atoms with Gasteiger partial charge in [-0.25, -0.2) is 0 Å². The highest BCUT2D eigenvalue weighted by Crippen LogP contribution is 2.31. The number of hydrogen-bond acceptors (Lipinski definition) is 5. The molecular weight excluding hydrogens is 274 g/mol. The predicted molar refractivity (Wildman–Crippen MR) is 74.8 cm³/mol. The molecule has 1 aromatic rings. The first kappa shape index (κ1) is 14.2. The van der Waals surface area contributed by atoms with Crippen molar-refractivity contribution in [2.45, 2.75) is 18.4 Å². The maximum absolute atomic E-state index is 12.4. The minimum absolute atomic E-state index is 0.0906. The zero-order valence-electron chi connectivity index (χ0n) is 11.8. The van der Waals surface area contributed by atoms with E-state index in [4.69, 9.17) is 14.2 Å². The maximum Gasteiger partial charge on any atom is 0.251 e. The van der Waals surface area contributed by atoms with E-state index in [-0.39, 0.29) is 12.5 Å². The number of carbonyl (C=O) groups is 1. The zero-order chi connectivity index (χ0) is 14.7. The largest absolute Gasteiger partial charge is 0.486 e. The van der Waals surface area contributed by atoms with Crippen LogP contribution in [0.5, 0.6) is 11.5 Å². The molecule has 6 nitrogen and oxygen atoms in total. The fourth-order valence-electron chi connectivity index (χ4n) is 2.58. The average molecular weight is 293 g/mol. The third kappa shape index (κ3) is 2.96. The zero-order valence-corrected chi connectivity index (χ0v) is 11.8. The number of rotatable bonds is 3. The molecule has 0 spiro atoms. The van der Waals surface area contributed by atoms with Crippen LogP contribution in [0.2, 0.25) is 0 Å². The number of hydrogen-bond donors (Lipinski definition) is 2. The molecule has 0 saturated carbocycles. The number of benzene rings is 1. The van der Waals surface area contributed by atoms with Gasteiger partial charge in [-0.3, -0.25) is 4.79 Å². The molecule has 2 N–H and O–H groups in total. The van der Waals surface area contributed by atoms with Gasteiger partial charge >= 0.3 is 0 Å². The molecule has 3 rings (SSSR count). The molecule has 0 aliphatic carbocycles. The second kappa shape index (κ2) is 5.91. The van der Waals surface area contributed by atoms with Crippen LogP contribution < -0.4 is 14.8 Å². The standard InChI is InChI=1S/C15H19NO5/c17-10-15(3-5-19-6-4-15)16-14(18)11-1-2-12-13(9-11)21-8-7-20-12/h1-2,9,17H,3-8,10H2,(H,16,18). The molecule has 1 aromatic carbocycles. The summed E-state index contributed by atoms with van der Waals surface area (Å²) < 4.78 is 16.2. The van der Waals surface area contributed by atoms with Crippen molar-refractivity contribution in [1.29, 1.82) is 0 Å². The maximum atomic E-state index is 12.4. The molecule has 0 radical (unpaired) electrons. The Balaban J connectivity index is 1.75. The van der Waals surface area contributed by atoms with E-state index in [9.17, 15) is 9.90 Å². The van der Waals surface area contributed by atoms with E-state index < -0.39 is 5.54 Å². The van der Waals surface area contributed by atoms with Gasteiger partial charge in [0.25, 0.3) is 5.91 Å². The van der Waals surface area contributed by atoms with Crippen LogP contribution in [0.4, 0.5) is 0 Å². The smallest absolute Gasteiger partial charge is 0.251 e. The lowest BCUT2D eigenvalue weighted by Crippen LogP contribution is -2.54. The van der Waals surface area contributed by atoms with Crippen molar-refractivity contribution in [2.24, 2.45) is 0 Å². The molecule has 0 aromatic heterocycles. The molecule has 0 atom stereocenters. The minimum Gasteiger partial charge on any atom is -0.486 e. The predicted octanol–water partition coefficient (Wildman–Crippen LogP) is 0.729. The number of carbonyl (C=O) groups excluding carboxylic acids is 1. The van der Waals surface area contributed by atoms with Crippen LogP contribution in [0.1, 0.15) is 23.2 Å². The molecule has 0 bridgehead atoms. The van der Waals surface area contributed by atoms with Crippen LogP contribution in [0.3, 0.4) is 0 Å². The number of amides is 1. The highest BCUT2D eigenvalue weighted by Gasteiger charge is 2.34. The quantitative estimate of drug-likeness (QED) is 0.859. The lowest BCUT2D eigenvalue weighted by atomic mass is 9.90. The summed E-state index contributed by atoms with van der Waals surface area (Å²) in [7, 11) is 0. The van der Waals surface area contributed by atoms with Crippen LogP contribution in [-0.2, 0) is 4.74 Å². The van der Waals surface area contributed by atoms with Gasteiger partial charge in [0.2, 0.25) is 0 Å². The fourth-order valence-corrected chi connectivity index (χ4v) is 2.58. The first-order valence-corrected chi connectivity index (χ1v) is 7.13. The molecule has 2 aliphatic rings. The Morgan fingerprint density at radius 1 is 1.14 bits per heavy atom. The summed E-state index contributed by atoms with van der Waals surface area (Å²) in [5.74, 6) is 1.02. The summed E-state index contributed by atoms with van der Waals surface area (Å²) in [5.41, 5.74) is -0.0960. The number of nitrogens with one attached hydrogen (secondary N) is 1. The van der Waals surface area contributed by atoms with Crippen molar-refractivity contribution in [2.75, 3.05) is 33.0 Å². The topological polar surface area (TPSA) is 77.0 Å². The number of fused-ring (bicyclic) bond motifs is 1. The molecule has 2 aliphatic heterocycles. The lowest BCUT2D eigenvalue weighted by molar-refractivity contribution is 0.0125. The van der Waals surface area contributed by atoms with E-state index in [0.29, 0.717) is 56.3 Å². The van der Waals surface area contributed by atoms with Crippen molar-refractivity contribution in [3.63, 3.8) is 0 Å². The molecule has 1 fully saturated rings. The van der Waals surface area contributed by atoms with Crippen molar-refractivity contribution in [3.05, 3.63) is 23.8 Å². The molecule has 114 valence electrons. The Hall–Kier alpha value is -1.79. The van der Waals surface area contributed by atoms with Gasteiger partial charge in [0.05, 0.1) is 12.1 Å². The highest BCUT2D eigenvalue weighted by molar-refractivity contribution is 5.95. The number of aliphatic hydroxyl groups is 1. The minimum atomic E-state index is -0.595. The molecular formula is C15H19NO5. The highest BCUT2D eigenvalue weighted by atomic mass is 16.6. The SMILES string of the molecule is O=C(NC1(CO)CCOCC1)c1ccc2c(c1)OCCO2. The van der Waals surface area contributed by atoms with E-state index in [1.807, 2.05) is 0 Å². The summed E-state index contributed by atoms with van der Waals surface area (Å²) in [5, 5.41) is 12.6. The van der Waals surface area contributed by atoms with E-state index >= 15 is 0 Å². The van der Waals surface area contributed by atoms with Gasteiger partial charge in [0.15, 0.2) is 11.5 Å². The Morgan fingerprint density at radius 2 is 1.86 bits per heavy atom. The summed E-state index contributed by atoms with van der Waals surface area (Å²) in [4.78, 5) is 12.4. The number of ether oxygens (including phenoxy) is 3. The first-order valence-electron chi connectivity index (χ1n) is 7.13. The van der Waals surface area contributed by atoms with Gasteiger partial charge in [-0.05, 0) is 31.0 Å². The van der Waals surface area contributed by atoms with Gasteiger partial charge in [-0.1, -0.05) is 0 Å². The number of aliphatic hydroxyl groups excluding tert-OH is 1. The Kier molecular flexibility index (Phi) is 3.98. The van der Waals surface area contributed by atoms with Crippen LogP contribution in [0.15, 0.2) is 18.2 Å². The summed E-state index contributed by atoms with van der Waals surface area (Å²) >= 11 is 0. The molecule has 1 saturated heterocycles. The molecule has 1 amide bonds. The van der Waals surface area contributed by atoms with Crippen molar-refractivity contribution in [1.82, 2.24) is 5.32 Å². The summed E-state index contributed by atoms with van der Waals surface area (Å²) in [6.07, 6.45) is 1.22. The first-order chi connectivity index (χ1) is 10.2. The van der Waals surface area contributed by atoms with Gasteiger partial charge < -0.3 is 24.6 Å². The second-order valence-corrected chi connectivity index (χ2v) is 5.36. The second-order valence-electron chi connectivity index (χ2n) is 5.36. The van der Waals surface area contributed by atoms with E-state index in [0.717, 1.165) is 0 Å². The van der Waals surface area contributed by atoms with Gasteiger partial charge in [0, 0.05) is 18.8 Å². The third-order valence-electron chi connectivity index (χ3n) is 3.94. The van der Waals surface area contributed by atoms with Crippen molar-refractivity contribution in [3.8, 4) is 11.5 Å². The van der Waals surface area contributed by atoms with Gasteiger partial charge in [-0.15, -0.1) is 0 Å².